The molecule has 0 N–H and O–H groups in total. The average molecular weight is 202 g/mol. The molecule has 0 bridgehead atoms. The predicted molar refractivity (Wildman–Crippen MR) is 58.5 cm³/mol. The topological polar surface area (TPSA) is 38.9 Å². The largest absolute Gasteiger partial charge is 0.339 e. The molecule has 15 heavy (non-hydrogen) atoms. The highest BCUT2D eigenvalue weighted by molar-refractivity contribution is 5.54. The normalized spacial score (nSPS) is 10.5. The van der Waals surface area contributed by atoms with Gasteiger partial charge in [0.25, 0.3) is 0 Å². The minimum atomic E-state index is 0.679. The monoisotopic (exact) mass is 202 g/mol. The van der Waals surface area contributed by atoms with Crippen LogP contribution in [0.2, 0.25) is 0 Å². The summed E-state index contributed by atoms with van der Waals surface area (Å²) in [6, 6.07) is 8.11. The van der Waals surface area contributed by atoms with Gasteiger partial charge in [0.1, 0.15) is 0 Å². The average Bonchev–Trinajstić information content (AvgIpc) is 2.68. The molecule has 3 nitrogen and oxygen atoms in total. The zero-order valence-corrected chi connectivity index (χ0v) is 9.03. The van der Waals surface area contributed by atoms with Gasteiger partial charge < -0.3 is 4.52 Å². The van der Waals surface area contributed by atoms with Gasteiger partial charge in [-0.1, -0.05) is 41.9 Å². The Balaban J connectivity index is 2.25. The van der Waals surface area contributed by atoms with Gasteiger partial charge in [-0.05, 0) is 13.3 Å². The second-order valence-electron chi connectivity index (χ2n) is 3.63. The van der Waals surface area contributed by atoms with Crippen LogP contribution in [0.5, 0.6) is 0 Å². The first-order valence-corrected chi connectivity index (χ1v) is 5.19. The number of aryl methyl sites for hydroxylation is 2. The minimum Gasteiger partial charge on any atom is -0.339 e. The molecule has 0 aliphatic carbocycles. The van der Waals surface area contributed by atoms with Gasteiger partial charge in [0.2, 0.25) is 11.7 Å². The number of benzene rings is 1. The van der Waals surface area contributed by atoms with E-state index >= 15 is 0 Å². The van der Waals surface area contributed by atoms with Crippen LogP contribution in [-0.2, 0) is 6.42 Å². The van der Waals surface area contributed by atoms with Gasteiger partial charge in [-0.2, -0.15) is 4.98 Å². The zero-order chi connectivity index (χ0) is 10.7. The Hall–Kier alpha value is -1.64. The van der Waals surface area contributed by atoms with E-state index in [2.05, 4.69) is 24.0 Å². The number of aromatic nitrogens is 2. The van der Waals surface area contributed by atoms with E-state index in [4.69, 9.17) is 4.52 Å². The molecule has 0 saturated carbocycles. The molecule has 0 atom stereocenters. The molecule has 3 heteroatoms. The SMILES string of the molecule is CCCc1nc(-c2ccc(C)cc2)no1. The summed E-state index contributed by atoms with van der Waals surface area (Å²) in [7, 11) is 0. The number of rotatable bonds is 3. The van der Waals surface area contributed by atoms with Crippen molar-refractivity contribution < 1.29 is 4.52 Å². The van der Waals surface area contributed by atoms with Crippen LogP contribution in [0.25, 0.3) is 11.4 Å². The summed E-state index contributed by atoms with van der Waals surface area (Å²) in [6.45, 7) is 4.15. The molecule has 0 saturated heterocycles. The maximum Gasteiger partial charge on any atom is 0.226 e. The highest BCUT2D eigenvalue weighted by atomic mass is 16.5. The minimum absolute atomic E-state index is 0.679. The van der Waals surface area contributed by atoms with E-state index in [9.17, 15) is 0 Å². The fourth-order valence-corrected chi connectivity index (χ4v) is 1.39. The van der Waals surface area contributed by atoms with Crippen molar-refractivity contribution in [3.05, 3.63) is 35.7 Å². The molecule has 1 aromatic heterocycles. The second kappa shape index (κ2) is 4.26. The molecule has 2 aromatic rings. The molecule has 0 aliphatic heterocycles. The summed E-state index contributed by atoms with van der Waals surface area (Å²) >= 11 is 0. The summed E-state index contributed by atoms with van der Waals surface area (Å²) < 4.78 is 5.13. The molecule has 78 valence electrons. The fraction of sp³-hybridized carbons (Fsp3) is 0.333. The van der Waals surface area contributed by atoms with Gasteiger partial charge in [-0.15, -0.1) is 0 Å². The van der Waals surface area contributed by atoms with Crippen LogP contribution in [0.4, 0.5) is 0 Å². The molecule has 0 spiro atoms. The van der Waals surface area contributed by atoms with Crippen LogP contribution in [0.3, 0.4) is 0 Å². The van der Waals surface area contributed by atoms with Crippen LogP contribution in [-0.4, -0.2) is 10.1 Å². The molecule has 0 fully saturated rings. The quantitative estimate of drug-likeness (QED) is 0.768. The third-order valence-corrected chi connectivity index (χ3v) is 2.24. The van der Waals surface area contributed by atoms with Gasteiger partial charge >= 0.3 is 0 Å². The van der Waals surface area contributed by atoms with E-state index in [-0.39, 0.29) is 0 Å². The first-order chi connectivity index (χ1) is 7.29. The first-order valence-electron chi connectivity index (χ1n) is 5.19. The van der Waals surface area contributed by atoms with Crippen molar-refractivity contribution >= 4 is 0 Å². The molecule has 0 unspecified atom stereocenters. The number of hydrogen-bond donors (Lipinski definition) is 0. The molecule has 2 rings (SSSR count). The molecule has 1 heterocycles. The maximum atomic E-state index is 5.13. The van der Waals surface area contributed by atoms with Crippen molar-refractivity contribution in [3.63, 3.8) is 0 Å². The van der Waals surface area contributed by atoms with Gasteiger partial charge in [-0.3, -0.25) is 0 Å². The smallest absolute Gasteiger partial charge is 0.226 e. The van der Waals surface area contributed by atoms with Gasteiger partial charge in [0.15, 0.2) is 0 Å². The van der Waals surface area contributed by atoms with E-state index in [1.54, 1.807) is 0 Å². The Morgan fingerprint density at radius 3 is 2.60 bits per heavy atom. The lowest BCUT2D eigenvalue weighted by Gasteiger charge is -1.94. The predicted octanol–water partition coefficient (Wildman–Crippen LogP) is 3.00. The first kappa shape index (κ1) is 9.90. The van der Waals surface area contributed by atoms with Gasteiger partial charge in [0, 0.05) is 12.0 Å². The Morgan fingerprint density at radius 1 is 1.20 bits per heavy atom. The van der Waals surface area contributed by atoms with Crippen LogP contribution < -0.4 is 0 Å². The highest BCUT2D eigenvalue weighted by Crippen LogP contribution is 2.16. The molecular formula is C12H14N2O. The zero-order valence-electron chi connectivity index (χ0n) is 9.03. The van der Waals surface area contributed by atoms with Crippen molar-refractivity contribution in [2.24, 2.45) is 0 Å². The number of nitrogens with zero attached hydrogens (tertiary/aromatic N) is 2. The fourth-order valence-electron chi connectivity index (χ4n) is 1.39. The van der Waals surface area contributed by atoms with E-state index in [1.807, 2.05) is 24.3 Å². The van der Waals surface area contributed by atoms with Crippen molar-refractivity contribution in [2.45, 2.75) is 26.7 Å². The highest BCUT2D eigenvalue weighted by Gasteiger charge is 2.06. The van der Waals surface area contributed by atoms with Gasteiger partial charge in [0.05, 0.1) is 0 Å². The Bertz CT molecular complexity index is 431. The number of hydrogen-bond acceptors (Lipinski definition) is 3. The molecule has 0 radical (unpaired) electrons. The van der Waals surface area contributed by atoms with Crippen molar-refractivity contribution in [1.82, 2.24) is 10.1 Å². The Kier molecular flexibility index (Phi) is 2.81. The lowest BCUT2D eigenvalue weighted by molar-refractivity contribution is 0.378. The summed E-state index contributed by atoms with van der Waals surface area (Å²) in [5, 5.41) is 3.95. The second-order valence-corrected chi connectivity index (χ2v) is 3.63. The van der Waals surface area contributed by atoms with E-state index in [1.165, 1.54) is 5.56 Å². The van der Waals surface area contributed by atoms with Crippen LogP contribution >= 0.6 is 0 Å². The van der Waals surface area contributed by atoms with Crippen molar-refractivity contribution in [2.75, 3.05) is 0 Å². The maximum absolute atomic E-state index is 5.13. The molecular weight excluding hydrogens is 188 g/mol. The van der Waals surface area contributed by atoms with Crippen molar-refractivity contribution in [1.29, 1.82) is 0 Å². The summed E-state index contributed by atoms with van der Waals surface area (Å²) in [5.74, 6) is 1.39. The van der Waals surface area contributed by atoms with E-state index in [0.29, 0.717) is 11.7 Å². The van der Waals surface area contributed by atoms with Crippen LogP contribution in [0.1, 0.15) is 24.8 Å². The Morgan fingerprint density at radius 2 is 1.93 bits per heavy atom. The third-order valence-electron chi connectivity index (χ3n) is 2.24. The lowest BCUT2D eigenvalue weighted by Crippen LogP contribution is -1.83. The van der Waals surface area contributed by atoms with E-state index < -0.39 is 0 Å². The van der Waals surface area contributed by atoms with Crippen molar-refractivity contribution in [3.8, 4) is 11.4 Å². The molecule has 0 amide bonds. The lowest BCUT2D eigenvalue weighted by atomic mass is 10.1. The van der Waals surface area contributed by atoms with Crippen LogP contribution in [0.15, 0.2) is 28.8 Å². The third kappa shape index (κ3) is 2.24. The summed E-state index contributed by atoms with van der Waals surface area (Å²) in [5.41, 5.74) is 2.24. The Labute approximate surface area is 89.1 Å². The molecule has 0 aliphatic rings. The van der Waals surface area contributed by atoms with Gasteiger partial charge in [-0.25, -0.2) is 0 Å². The standard InChI is InChI=1S/C12H14N2O/c1-3-4-11-13-12(14-15-11)10-7-5-9(2)6-8-10/h5-8H,3-4H2,1-2H3. The van der Waals surface area contributed by atoms with Crippen LogP contribution in [0, 0.1) is 6.92 Å². The molecule has 1 aromatic carbocycles. The summed E-state index contributed by atoms with van der Waals surface area (Å²) in [6.07, 6.45) is 1.87. The summed E-state index contributed by atoms with van der Waals surface area (Å²) in [4.78, 5) is 4.32. The van der Waals surface area contributed by atoms with E-state index in [0.717, 1.165) is 18.4 Å².